The Hall–Kier alpha value is -2.63. The maximum atomic E-state index is 12.3. The minimum absolute atomic E-state index is 0.240. The zero-order valence-electron chi connectivity index (χ0n) is 12.9. The van der Waals surface area contributed by atoms with Gasteiger partial charge in [0.15, 0.2) is 0 Å². The van der Waals surface area contributed by atoms with E-state index in [1.54, 1.807) is 10.7 Å². The van der Waals surface area contributed by atoms with Gasteiger partial charge in [-0.25, -0.2) is 4.79 Å². The summed E-state index contributed by atoms with van der Waals surface area (Å²) in [5.41, 5.74) is 2.17. The van der Waals surface area contributed by atoms with Crippen molar-refractivity contribution in [2.45, 2.75) is 31.2 Å². The van der Waals surface area contributed by atoms with E-state index in [9.17, 15) is 14.7 Å². The molecule has 0 unspecified atom stereocenters. The number of nitrogens with zero attached hydrogens (tertiary/aromatic N) is 2. The summed E-state index contributed by atoms with van der Waals surface area (Å²) in [7, 11) is 1.81. The molecule has 23 heavy (non-hydrogen) atoms. The summed E-state index contributed by atoms with van der Waals surface area (Å²) in [4.78, 5) is 23.7. The van der Waals surface area contributed by atoms with Crippen LogP contribution < -0.4 is 5.32 Å². The Kier molecular flexibility index (Phi) is 4.14. The van der Waals surface area contributed by atoms with Crippen LogP contribution in [0, 0.1) is 0 Å². The largest absolute Gasteiger partial charge is 0.480 e. The molecule has 1 aromatic heterocycles. The molecule has 1 fully saturated rings. The Balaban J connectivity index is 1.71. The quantitative estimate of drug-likeness (QED) is 0.850. The lowest BCUT2D eigenvalue weighted by Gasteiger charge is -2.13. The second-order valence-corrected chi connectivity index (χ2v) is 5.91. The fourth-order valence-electron chi connectivity index (χ4n) is 2.64. The highest BCUT2D eigenvalue weighted by atomic mass is 16.4. The van der Waals surface area contributed by atoms with Gasteiger partial charge in [0.25, 0.3) is 5.91 Å². The first-order valence-electron chi connectivity index (χ1n) is 7.66. The lowest BCUT2D eigenvalue weighted by atomic mass is 10.1. The predicted molar refractivity (Wildman–Crippen MR) is 84.2 cm³/mol. The summed E-state index contributed by atoms with van der Waals surface area (Å²) in [5, 5.41) is 16.1. The molecule has 6 nitrogen and oxygen atoms in total. The van der Waals surface area contributed by atoms with Crippen LogP contribution in [-0.4, -0.2) is 32.8 Å². The Bertz CT molecular complexity index is 720. The van der Waals surface area contributed by atoms with E-state index in [4.69, 9.17) is 0 Å². The molecule has 1 atom stereocenters. The van der Waals surface area contributed by atoms with Crippen molar-refractivity contribution in [1.29, 1.82) is 0 Å². The van der Waals surface area contributed by atoms with Crippen molar-refractivity contribution in [2.75, 3.05) is 0 Å². The maximum Gasteiger partial charge on any atom is 0.326 e. The Morgan fingerprint density at radius 2 is 2.04 bits per heavy atom. The minimum atomic E-state index is -1.06. The van der Waals surface area contributed by atoms with Gasteiger partial charge in [-0.1, -0.05) is 30.3 Å². The van der Waals surface area contributed by atoms with E-state index in [0.717, 1.165) is 24.1 Å². The van der Waals surface area contributed by atoms with Crippen molar-refractivity contribution in [3.8, 4) is 0 Å². The molecule has 120 valence electrons. The molecule has 1 aliphatic rings. The molecule has 6 heteroatoms. The second kappa shape index (κ2) is 6.24. The van der Waals surface area contributed by atoms with Gasteiger partial charge in [-0.3, -0.25) is 9.48 Å². The number of hydrogen-bond donors (Lipinski definition) is 2. The van der Waals surface area contributed by atoms with Crippen molar-refractivity contribution in [2.24, 2.45) is 7.05 Å². The Morgan fingerprint density at radius 1 is 1.35 bits per heavy atom. The van der Waals surface area contributed by atoms with Gasteiger partial charge in [0.05, 0.1) is 0 Å². The average Bonchev–Trinajstić information content (AvgIpc) is 3.29. The zero-order valence-corrected chi connectivity index (χ0v) is 12.9. The number of amides is 1. The minimum Gasteiger partial charge on any atom is -0.480 e. The number of nitrogens with one attached hydrogen (secondary N) is 1. The fourth-order valence-corrected chi connectivity index (χ4v) is 2.64. The first-order chi connectivity index (χ1) is 11.0. The smallest absolute Gasteiger partial charge is 0.326 e. The van der Waals surface area contributed by atoms with Crippen LogP contribution >= 0.6 is 0 Å². The standard InChI is InChI=1S/C17H19N3O3/c1-20-15(12-7-8-12)10-13(19-20)16(21)18-14(17(22)23)9-11-5-3-2-4-6-11/h2-6,10,12,14H,7-9H2,1H3,(H,18,21)(H,22,23)/t14-/m1/s1. The van der Waals surface area contributed by atoms with Gasteiger partial charge in [-0.15, -0.1) is 0 Å². The van der Waals surface area contributed by atoms with Gasteiger partial charge in [0, 0.05) is 25.1 Å². The van der Waals surface area contributed by atoms with Gasteiger partial charge in [-0.2, -0.15) is 5.10 Å². The lowest BCUT2D eigenvalue weighted by molar-refractivity contribution is -0.139. The van der Waals surface area contributed by atoms with E-state index in [1.807, 2.05) is 37.4 Å². The molecule has 2 N–H and O–H groups in total. The topological polar surface area (TPSA) is 84.2 Å². The van der Waals surface area contributed by atoms with Crippen molar-refractivity contribution in [1.82, 2.24) is 15.1 Å². The third-order valence-corrected chi connectivity index (χ3v) is 4.03. The van der Waals surface area contributed by atoms with E-state index in [1.165, 1.54) is 0 Å². The summed E-state index contributed by atoms with van der Waals surface area (Å²) in [6.45, 7) is 0. The van der Waals surface area contributed by atoms with E-state index < -0.39 is 17.9 Å². The summed E-state index contributed by atoms with van der Waals surface area (Å²) in [6, 6.07) is 10.0. The summed E-state index contributed by atoms with van der Waals surface area (Å²) >= 11 is 0. The highest BCUT2D eigenvalue weighted by molar-refractivity contribution is 5.95. The molecule has 1 aromatic carbocycles. The number of carboxylic acids is 1. The molecule has 0 bridgehead atoms. The summed E-state index contributed by atoms with van der Waals surface area (Å²) < 4.78 is 1.71. The number of aryl methyl sites for hydroxylation is 1. The number of carboxylic acid groups (broad SMARTS) is 1. The number of carbonyl (C=O) groups excluding carboxylic acids is 1. The third kappa shape index (κ3) is 3.59. The van der Waals surface area contributed by atoms with E-state index in [0.29, 0.717) is 5.92 Å². The van der Waals surface area contributed by atoms with Crippen LogP contribution in [0.5, 0.6) is 0 Å². The van der Waals surface area contributed by atoms with Crippen LogP contribution in [0.15, 0.2) is 36.4 Å². The van der Waals surface area contributed by atoms with Gasteiger partial charge < -0.3 is 10.4 Å². The van der Waals surface area contributed by atoms with Crippen LogP contribution in [0.2, 0.25) is 0 Å². The van der Waals surface area contributed by atoms with Gasteiger partial charge in [0.2, 0.25) is 0 Å². The highest BCUT2D eigenvalue weighted by Gasteiger charge is 2.29. The van der Waals surface area contributed by atoms with Crippen molar-refractivity contribution >= 4 is 11.9 Å². The summed E-state index contributed by atoms with van der Waals surface area (Å²) in [5.74, 6) is -1.02. The first kappa shape index (κ1) is 15.3. The SMILES string of the molecule is Cn1nc(C(=O)N[C@H](Cc2ccccc2)C(=O)O)cc1C1CC1. The number of hydrogen-bond acceptors (Lipinski definition) is 3. The molecule has 0 aliphatic heterocycles. The highest BCUT2D eigenvalue weighted by Crippen LogP contribution is 2.39. The van der Waals surface area contributed by atoms with Gasteiger partial charge in [-0.05, 0) is 24.5 Å². The zero-order chi connectivity index (χ0) is 16.4. The van der Waals surface area contributed by atoms with E-state index >= 15 is 0 Å². The number of rotatable bonds is 6. The predicted octanol–water partition coefficient (Wildman–Crippen LogP) is 1.72. The lowest BCUT2D eigenvalue weighted by Crippen LogP contribution is -2.42. The number of aromatic nitrogens is 2. The second-order valence-electron chi connectivity index (χ2n) is 5.91. The van der Waals surface area contributed by atoms with Crippen LogP contribution in [0.4, 0.5) is 0 Å². The monoisotopic (exact) mass is 313 g/mol. The number of carbonyl (C=O) groups is 2. The maximum absolute atomic E-state index is 12.3. The van der Waals surface area contributed by atoms with Crippen LogP contribution in [0.1, 0.15) is 40.5 Å². The molecule has 3 rings (SSSR count). The summed E-state index contributed by atoms with van der Waals surface area (Å²) in [6.07, 6.45) is 2.48. The molecular formula is C17H19N3O3. The molecule has 1 heterocycles. The van der Waals surface area contributed by atoms with Gasteiger partial charge in [0.1, 0.15) is 11.7 Å². The van der Waals surface area contributed by atoms with Crippen molar-refractivity contribution in [3.63, 3.8) is 0 Å². The Labute approximate surface area is 134 Å². The van der Waals surface area contributed by atoms with Crippen molar-refractivity contribution in [3.05, 3.63) is 53.3 Å². The first-order valence-corrected chi connectivity index (χ1v) is 7.66. The third-order valence-electron chi connectivity index (χ3n) is 4.03. The molecule has 0 saturated heterocycles. The van der Waals surface area contributed by atoms with E-state index in [2.05, 4.69) is 10.4 Å². The van der Waals surface area contributed by atoms with Crippen LogP contribution in [-0.2, 0) is 18.3 Å². The Morgan fingerprint density at radius 3 is 2.65 bits per heavy atom. The molecule has 1 aliphatic carbocycles. The molecule has 1 saturated carbocycles. The van der Waals surface area contributed by atoms with Crippen LogP contribution in [0.3, 0.4) is 0 Å². The molecular weight excluding hydrogens is 294 g/mol. The fraction of sp³-hybridized carbons (Fsp3) is 0.353. The van der Waals surface area contributed by atoms with E-state index in [-0.39, 0.29) is 12.1 Å². The number of aliphatic carboxylic acids is 1. The number of benzene rings is 1. The van der Waals surface area contributed by atoms with Gasteiger partial charge >= 0.3 is 5.97 Å². The molecule has 0 spiro atoms. The molecule has 1 amide bonds. The normalized spacial score (nSPS) is 15.2. The van der Waals surface area contributed by atoms with Crippen LogP contribution in [0.25, 0.3) is 0 Å². The average molecular weight is 313 g/mol. The molecule has 2 aromatic rings. The van der Waals surface area contributed by atoms with Crippen molar-refractivity contribution < 1.29 is 14.7 Å². The molecule has 0 radical (unpaired) electrons.